The summed E-state index contributed by atoms with van der Waals surface area (Å²) in [4.78, 5) is 28.6. The third-order valence-corrected chi connectivity index (χ3v) is 8.63. The minimum absolute atomic E-state index is 0.00360. The van der Waals surface area contributed by atoms with Crippen molar-refractivity contribution in [2.75, 3.05) is 18.8 Å². The standard InChI is InChI=1S/C25H36N4O5S/c1-4-35(33,34)26-14-21(30)15-28-19-9-10-20(28)13-18(12-19)27-24(31)22-11-17-7-5-6-8-23(17)29(16(2)3)25(22)32/h5-8,11,16,18-21,26,30H,4,9-10,12-15H2,1-3H3,(H,27,31)/t18?,19?,20?,21-/m0/s1. The highest BCUT2D eigenvalue weighted by molar-refractivity contribution is 7.89. The van der Waals surface area contributed by atoms with Gasteiger partial charge in [0.15, 0.2) is 0 Å². The molecule has 1 aromatic carbocycles. The molecule has 2 unspecified atom stereocenters. The first-order chi connectivity index (χ1) is 16.6. The Kier molecular flexibility index (Phi) is 7.65. The van der Waals surface area contributed by atoms with Crippen LogP contribution in [0, 0.1) is 0 Å². The maximum absolute atomic E-state index is 13.2. The van der Waals surface area contributed by atoms with Crippen molar-refractivity contribution in [3.05, 3.63) is 46.2 Å². The van der Waals surface area contributed by atoms with E-state index in [4.69, 9.17) is 0 Å². The number of nitrogens with one attached hydrogen (secondary N) is 2. The van der Waals surface area contributed by atoms with Gasteiger partial charge in [0.1, 0.15) is 5.56 Å². The van der Waals surface area contributed by atoms with Crippen LogP contribution < -0.4 is 15.6 Å². The van der Waals surface area contributed by atoms with Crippen molar-refractivity contribution in [1.29, 1.82) is 0 Å². The largest absolute Gasteiger partial charge is 0.390 e. The number of nitrogens with zero attached hydrogens (tertiary/aromatic N) is 2. The molecular formula is C25H36N4O5S. The van der Waals surface area contributed by atoms with E-state index in [9.17, 15) is 23.1 Å². The van der Waals surface area contributed by atoms with E-state index < -0.39 is 16.1 Å². The van der Waals surface area contributed by atoms with Crippen LogP contribution in [0.25, 0.3) is 10.9 Å². The summed E-state index contributed by atoms with van der Waals surface area (Å²) in [5.41, 5.74) is 0.690. The number of fused-ring (bicyclic) bond motifs is 3. The van der Waals surface area contributed by atoms with E-state index in [0.717, 1.165) is 36.6 Å². The number of hydrogen-bond donors (Lipinski definition) is 3. The quantitative estimate of drug-likeness (QED) is 0.477. The van der Waals surface area contributed by atoms with Gasteiger partial charge in [-0.1, -0.05) is 18.2 Å². The van der Waals surface area contributed by atoms with Crippen LogP contribution in [0.3, 0.4) is 0 Å². The third kappa shape index (κ3) is 5.61. The molecule has 0 saturated carbocycles. The van der Waals surface area contributed by atoms with Crippen LogP contribution in [-0.4, -0.2) is 72.0 Å². The molecule has 35 heavy (non-hydrogen) atoms. The Morgan fingerprint density at radius 3 is 2.46 bits per heavy atom. The van der Waals surface area contributed by atoms with Gasteiger partial charge in [0.2, 0.25) is 10.0 Å². The van der Waals surface area contributed by atoms with Crippen LogP contribution in [0.5, 0.6) is 0 Å². The minimum atomic E-state index is -3.34. The lowest BCUT2D eigenvalue weighted by Gasteiger charge is -2.40. The summed E-state index contributed by atoms with van der Waals surface area (Å²) in [6.45, 7) is 5.82. The van der Waals surface area contributed by atoms with E-state index in [1.807, 2.05) is 38.1 Å². The summed E-state index contributed by atoms with van der Waals surface area (Å²) < 4.78 is 27.4. The van der Waals surface area contributed by atoms with Gasteiger partial charge in [0.05, 0.1) is 17.4 Å². The Bertz CT molecular complexity index is 1230. The molecule has 1 aromatic heterocycles. The number of benzene rings is 1. The van der Waals surface area contributed by atoms with Gasteiger partial charge < -0.3 is 15.0 Å². The van der Waals surface area contributed by atoms with E-state index in [1.54, 1.807) is 17.6 Å². The van der Waals surface area contributed by atoms with Crippen LogP contribution in [0.2, 0.25) is 0 Å². The zero-order chi connectivity index (χ0) is 25.3. The number of pyridine rings is 1. The molecule has 2 aromatic rings. The third-order valence-electron chi connectivity index (χ3n) is 7.27. The first-order valence-electron chi connectivity index (χ1n) is 12.5. The van der Waals surface area contributed by atoms with E-state index in [2.05, 4.69) is 14.9 Å². The molecule has 2 aliphatic rings. The van der Waals surface area contributed by atoms with Crippen LogP contribution in [-0.2, 0) is 10.0 Å². The lowest BCUT2D eigenvalue weighted by molar-refractivity contribution is 0.0523. The first-order valence-corrected chi connectivity index (χ1v) is 14.1. The maximum atomic E-state index is 13.2. The number of para-hydroxylation sites is 1. The topological polar surface area (TPSA) is 121 Å². The number of rotatable bonds is 9. The number of carbonyl (C=O) groups is 1. The summed E-state index contributed by atoms with van der Waals surface area (Å²) in [7, 11) is -3.34. The van der Waals surface area contributed by atoms with Gasteiger partial charge in [-0.2, -0.15) is 0 Å². The number of aromatic nitrogens is 1. The highest BCUT2D eigenvalue weighted by atomic mass is 32.2. The zero-order valence-electron chi connectivity index (χ0n) is 20.6. The summed E-state index contributed by atoms with van der Waals surface area (Å²) in [5, 5.41) is 14.4. The average molecular weight is 505 g/mol. The van der Waals surface area contributed by atoms with Crippen molar-refractivity contribution in [1.82, 2.24) is 19.5 Å². The molecule has 192 valence electrons. The van der Waals surface area contributed by atoms with E-state index in [0.29, 0.717) is 6.54 Å². The summed E-state index contributed by atoms with van der Waals surface area (Å²) in [5.74, 6) is -0.364. The van der Waals surface area contributed by atoms with E-state index in [-0.39, 0.29) is 53.5 Å². The van der Waals surface area contributed by atoms with Gasteiger partial charge in [0, 0.05) is 37.3 Å². The molecule has 4 rings (SSSR count). The predicted molar refractivity (Wildman–Crippen MR) is 136 cm³/mol. The normalized spacial score (nSPS) is 23.6. The Morgan fingerprint density at radius 2 is 1.83 bits per heavy atom. The summed E-state index contributed by atoms with van der Waals surface area (Å²) >= 11 is 0. The van der Waals surface area contributed by atoms with Crippen molar-refractivity contribution >= 4 is 26.8 Å². The summed E-state index contributed by atoms with van der Waals surface area (Å²) in [6.07, 6.45) is 2.63. The molecule has 10 heteroatoms. The zero-order valence-corrected chi connectivity index (χ0v) is 21.4. The molecule has 0 spiro atoms. The van der Waals surface area contributed by atoms with Crippen molar-refractivity contribution in [2.24, 2.45) is 0 Å². The molecule has 3 N–H and O–H groups in total. The van der Waals surface area contributed by atoms with Gasteiger partial charge in [-0.3, -0.25) is 14.5 Å². The maximum Gasteiger partial charge on any atom is 0.264 e. The second-order valence-corrected chi connectivity index (χ2v) is 12.1. The fraction of sp³-hybridized carbons (Fsp3) is 0.600. The SMILES string of the molecule is CCS(=O)(=O)NC[C@H](O)CN1C2CCC1CC(NC(=O)c1cc3ccccc3n(C(C)C)c1=O)C2. The molecule has 2 fully saturated rings. The molecule has 0 radical (unpaired) electrons. The monoisotopic (exact) mass is 504 g/mol. The van der Waals surface area contributed by atoms with Gasteiger partial charge in [0.25, 0.3) is 11.5 Å². The number of hydrogen-bond acceptors (Lipinski definition) is 6. The molecule has 2 bridgehead atoms. The molecule has 2 saturated heterocycles. The second kappa shape index (κ2) is 10.4. The van der Waals surface area contributed by atoms with Gasteiger partial charge >= 0.3 is 0 Å². The van der Waals surface area contributed by atoms with E-state index >= 15 is 0 Å². The number of sulfonamides is 1. The Labute approximate surface area is 206 Å². The number of aliphatic hydroxyl groups excluding tert-OH is 1. The number of piperidine rings is 1. The Hall–Kier alpha value is -2.27. The van der Waals surface area contributed by atoms with Crippen LogP contribution in [0.15, 0.2) is 35.1 Å². The Morgan fingerprint density at radius 1 is 1.17 bits per heavy atom. The molecule has 0 aliphatic carbocycles. The molecule has 1 amide bonds. The molecule has 2 aliphatic heterocycles. The smallest absolute Gasteiger partial charge is 0.264 e. The van der Waals surface area contributed by atoms with Gasteiger partial charge in [-0.15, -0.1) is 0 Å². The highest BCUT2D eigenvalue weighted by Gasteiger charge is 2.41. The molecular weight excluding hydrogens is 468 g/mol. The fourth-order valence-electron chi connectivity index (χ4n) is 5.55. The van der Waals surface area contributed by atoms with E-state index in [1.165, 1.54) is 0 Å². The minimum Gasteiger partial charge on any atom is -0.390 e. The van der Waals surface area contributed by atoms with Crippen molar-refractivity contribution in [2.45, 2.75) is 76.7 Å². The van der Waals surface area contributed by atoms with Crippen molar-refractivity contribution in [3.63, 3.8) is 0 Å². The number of carbonyl (C=O) groups excluding carboxylic acids is 1. The predicted octanol–water partition coefficient (Wildman–Crippen LogP) is 1.61. The molecule has 3 heterocycles. The van der Waals surface area contributed by atoms with Crippen molar-refractivity contribution in [3.8, 4) is 0 Å². The summed E-state index contributed by atoms with van der Waals surface area (Å²) in [6, 6.07) is 9.57. The number of aliphatic hydroxyl groups is 1. The average Bonchev–Trinajstić information content (AvgIpc) is 3.04. The lowest BCUT2D eigenvalue weighted by Crippen LogP contribution is -2.53. The highest BCUT2D eigenvalue weighted by Crippen LogP contribution is 2.35. The Balaban J connectivity index is 1.43. The lowest BCUT2D eigenvalue weighted by atomic mass is 9.96. The van der Waals surface area contributed by atoms with Gasteiger partial charge in [-0.05, 0) is 64.0 Å². The van der Waals surface area contributed by atoms with Crippen molar-refractivity contribution < 1.29 is 18.3 Å². The molecule has 3 atom stereocenters. The van der Waals surface area contributed by atoms with Crippen LogP contribution in [0.1, 0.15) is 62.9 Å². The van der Waals surface area contributed by atoms with Gasteiger partial charge in [-0.25, -0.2) is 13.1 Å². The van der Waals surface area contributed by atoms with Crippen LogP contribution in [0.4, 0.5) is 0 Å². The molecule has 9 nitrogen and oxygen atoms in total. The first kappa shape index (κ1) is 25.8. The number of amides is 1. The fourth-order valence-corrected chi connectivity index (χ4v) is 6.20. The second-order valence-electron chi connectivity index (χ2n) is 10.0. The van der Waals surface area contributed by atoms with Crippen LogP contribution >= 0.6 is 0 Å².